The molecular formula is C25H30N4O5S2. The molecule has 0 aliphatic carbocycles. The summed E-state index contributed by atoms with van der Waals surface area (Å²) in [6, 6.07) is 3.72. The van der Waals surface area contributed by atoms with Gasteiger partial charge in [0.2, 0.25) is 0 Å². The Morgan fingerprint density at radius 1 is 1.25 bits per heavy atom. The lowest BCUT2D eigenvalue weighted by atomic mass is 10.1. The van der Waals surface area contributed by atoms with E-state index in [0.717, 1.165) is 5.56 Å². The van der Waals surface area contributed by atoms with Crippen LogP contribution in [0.15, 0.2) is 28.0 Å². The normalized spacial score (nSPS) is 21.7. The van der Waals surface area contributed by atoms with Gasteiger partial charge in [0.25, 0.3) is 11.5 Å². The molecule has 4 rings (SSSR count). The molecule has 0 spiro atoms. The van der Waals surface area contributed by atoms with Gasteiger partial charge in [0.1, 0.15) is 15.8 Å². The minimum Gasteiger partial charge on any atom is -0.481 e. The molecule has 2 fully saturated rings. The minimum atomic E-state index is -0.825. The number of rotatable bonds is 8. The number of carboxylic acid groups (broad SMARTS) is 1. The predicted molar refractivity (Wildman–Crippen MR) is 144 cm³/mol. The number of fused-ring (bicyclic) bond motifs is 1. The van der Waals surface area contributed by atoms with Crippen molar-refractivity contribution in [2.45, 2.75) is 58.7 Å². The average molecular weight is 531 g/mol. The smallest absolute Gasteiger partial charge is 0.303 e. The molecule has 11 heteroatoms. The van der Waals surface area contributed by atoms with E-state index >= 15 is 0 Å². The van der Waals surface area contributed by atoms with Crippen molar-refractivity contribution in [2.24, 2.45) is 0 Å². The van der Waals surface area contributed by atoms with Crippen LogP contribution in [0.4, 0.5) is 5.82 Å². The van der Waals surface area contributed by atoms with E-state index in [1.54, 1.807) is 18.3 Å². The summed E-state index contributed by atoms with van der Waals surface area (Å²) in [6.07, 6.45) is 5.25. The highest BCUT2D eigenvalue weighted by atomic mass is 32.2. The number of carboxylic acids is 1. The molecule has 4 heterocycles. The van der Waals surface area contributed by atoms with E-state index in [0.29, 0.717) is 65.2 Å². The van der Waals surface area contributed by atoms with Crippen molar-refractivity contribution in [2.75, 3.05) is 24.5 Å². The summed E-state index contributed by atoms with van der Waals surface area (Å²) in [6.45, 7) is 7.47. The number of anilines is 1. The molecule has 1 amide bonds. The first-order chi connectivity index (χ1) is 17.2. The average Bonchev–Trinajstić information content (AvgIpc) is 3.07. The Morgan fingerprint density at radius 3 is 2.67 bits per heavy atom. The summed E-state index contributed by atoms with van der Waals surface area (Å²) < 4.78 is 7.83. The summed E-state index contributed by atoms with van der Waals surface area (Å²) >= 11 is 6.63. The number of unbranched alkanes of at least 4 members (excludes halogenated alkanes) is 2. The van der Waals surface area contributed by atoms with Gasteiger partial charge < -0.3 is 14.7 Å². The third-order valence-corrected chi connectivity index (χ3v) is 7.58. The second-order valence-corrected chi connectivity index (χ2v) is 10.9. The molecule has 1 N–H and O–H groups in total. The van der Waals surface area contributed by atoms with E-state index < -0.39 is 5.97 Å². The van der Waals surface area contributed by atoms with E-state index in [9.17, 15) is 14.4 Å². The van der Waals surface area contributed by atoms with Crippen molar-refractivity contribution < 1.29 is 19.4 Å². The topological polar surface area (TPSA) is 104 Å². The number of hydrogen-bond acceptors (Lipinski definition) is 8. The van der Waals surface area contributed by atoms with E-state index in [4.69, 9.17) is 27.0 Å². The number of carbonyl (C=O) groups is 2. The molecule has 2 unspecified atom stereocenters. The van der Waals surface area contributed by atoms with E-state index in [1.807, 2.05) is 26.8 Å². The van der Waals surface area contributed by atoms with Crippen LogP contribution >= 0.6 is 24.0 Å². The van der Waals surface area contributed by atoms with Crippen molar-refractivity contribution >= 4 is 57.7 Å². The van der Waals surface area contributed by atoms with E-state index in [-0.39, 0.29) is 30.1 Å². The van der Waals surface area contributed by atoms with E-state index in [1.165, 1.54) is 21.1 Å². The van der Waals surface area contributed by atoms with Crippen LogP contribution in [0.3, 0.4) is 0 Å². The third-order valence-electron chi connectivity index (χ3n) is 6.20. The predicted octanol–water partition coefficient (Wildman–Crippen LogP) is 3.46. The molecule has 192 valence electrons. The summed E-state index contributed by atoms with van der Waals surface area (Å²) in [4.78, 5) is 46.4. The molecule has 2 aromatic heterocycles. The first-order valence-electron chi connectivity index (χ1n) is 12.0. The number of hydrogen-bond donors (Lipinski definition) is 1. The highest BCUT2D eigenvalue weighted by Crippen LogP contribution is 2.34. The number of aryl methyl sites for hydroxylation is 1. The molecule has 36 heavy (non-hydrogen) atoms. The zero-order valence-electron chi connectivity index (χ0n) is 20.6. The van der Waals surface area contributed by atoms with Crippen LogP contribution in [-0.4, -0.2) is 67.4 Å². The van der Waals surface area contributed by atoms with Crippen LogP contribution in [0.25, 0.3) is 11.7 Å². The van der Waals surface area contributed by atoms with Gasteiger partial charge in [-0.2, -0.15) is 0 Å². The Balaban J connectivity index is 1.68. The summed E-state index contributed by atoms with van der Waals surface area (Å²) in [7, 11) is 0. The number of ether oxygens (including phenoxy) is 1. The number of amides is 1. The summed E-state index contributed by atoms with van der Waals surface area (Å²) in [5, 5.41) is 8.79. The lowest BCUT2D eigenvalue weighted by Crippen LogP contribution is -2.46. The molecule has 0 bridgehead atoms. The molecule has 2 aromatic rings. The maximum atomic E-state index is 13.7. The molecule has 2 saturated heterocycles. The van der Waals surface area contributed by atoms with Crippen LogP contribution in [0.2, 0.25) is 0 Å². The van der Waals surface area contributed by atoms with Gasteiger partial charge in [-0.3, -0.25) is 23.7 Å². The standard InChI is InChI=1S/C25H30N4O5S2/c1-15-8-7-11-28-21(15)26-22(27-13-16(2)34-17(3)14-27)18(23(28)32)12-19-24(33)29(25(35)36-19)10-6-4-5-9-20(30)31/h7-8,11-12,16-17H,4-6,9-10,13-14H2,1-3H3,(H,30,31)/b19-12-. The fourth-order valence-corrected chi connectivity index (χ4v) is 5.86. The number of thiocarbonyl (C=S) groups is 1. The fraction of sp³-hybridized carbons (Fsp3) is 0.480. The molecule has 2 aliphatic rings. The second kappa shape index (κ2) is 11.1. The molecule has 0 saturated carbocycles. The van der Waals surface area contributed by atoms with Gasteiger partial charge in [0.05, 0.1) is 22.7 Å². The molecular weight excluding hydrogens is 500 g/mol. The van der Waals surface area contributed by atoms with Crippen LogP contribution < -0.4 is 10.5 Å². The van der Waals surface area contributed by atoms with Crippen molar-refractivity contribution in [3.63, 3.8) is 0 Å². The number of morpholine rings is 1. The Hall–Kier alpha value is -2.76. The lowest BCUT2D eigenvalue weighted by Gasteiger charge is -2.36. The highest BCUT2D eigenvalue weighted by molar-refractivity contribution is 8.26. The van der Waals surface area contributed by atoms with Gasteiger partial charge in [-0.25, -0.2) is 4.98 Å². The SMILES string of the molecule is Cc1cccn2c(=O)c(/C=C3\SC(=S)N(CCCCCC(=O)O)C3=O)c(N3CC(C)OC(C)C3)nc12. The number of aliphatic carboxylic acids is 1. The van der Waals surface area contributed by atoms with Gasteiger partial charge in [-0.1, -0.05) is 36.5 Å². The molecule has 2 aliphatic heterocycles. The molecule has 9 nitrogen and oxygen atoms in total. The fourth-order valence-electron chi connectivity index (χ4n) is 4.57. The molecule has 0 radical (unpaired) electrons. The zero-order valence-corrected chi connectivity index (χ0v) is 22.2. The van der Waals surface area contributed by atoms with Gasteiger partial charge >= 0.3 is 5.97 Å². The number of carbonyl (C=O) groups excluding carboxylic acids is 1. The van der Waals surface area contributed by atoms with Crippen molar-refractivity contribution in [1.82, 2.24) is 14.3 Å². The van der Waals surface area contributed by atoms with Crippen LogP contribution in [0.5, 0.6) is 0 Å². The highest BCUT2D eigenvalue weighted by Gasteiger charge is 2.33. The lowest BCUT2D eigenvalue weighted by molar-refractivity contribution is -0.137. The number of thioether (sulfide) groups is 1. The Bertz CT molecular complexity index is 1280. The summed E-state index contributed by atoms with van der Waals surface area (Å²) in [5.74, 6) is -0.532. The van der Waals surface area contributed by atoms with Gasteiger partial charge in [-0.15, -0.1) is 0 Å². The van der Waals surface area contributed by atoms with Gasteiger partial charge in [0.15, 0.2) is 0 Å². The van der Waals surface area contributed by atoms with Gasteiger partial charge in [0, 0.05) is 32.3 Å². The van der Waals surface area contributed by atoms with E-state index in [2.05, 4.69) is 4.90 Å². The summed E-state index contributed by atoms with van der Waals surface area (Å²) in [5.41, 5.74) is 1.56. The quantitative estimate of drug-likeness (QED) is 0.312. The molecule has 2 atom stereocenters. The van der Waals surface area contributed by atoms with Crippen molar-refractivity contribution in [3.05, 3.63) is 44.7 Å². The monoisotopic (exact) mass is 530 g/mol. The number of aromatic nitrogens is 2. The minimum absolute atomic E-state index is 0.0296. The Labute approximate surface area is 219 Å². The van der Waals surface area contributed by atoms with Crippen LogP contribution in [0, 0.1) is 6.92 Å². The molecule has 0 aromatic carbocycles. The number of nitrogens with zero attached hydrogens (tertiary/aromatic N) is 4. The van der Waals surface area contributed by atoms with Crippen LogP contribution in [0.1, 0.15) is 50.7 Å². The second-order valence-electron chi connectivity index (χ2n) is 9.24. The van der Waals surface area contributed by atoms with Gasteiger partial charge in [-0.05, 0) is 51.3 Å². The zero-order chi connectivity index (χ0) is 26.0. The first-order valence-corrected chi connectivity index (χ1v) is 13.3. The maximum absolute atomic E-state index is 13.7. The Morgan fingerprint density at radius 2 is 1.97 bits per heavy atom. The maximum Gasteiger partial charge on any atom is 0.303 e. The van der Waals surface area contributed by atoms with Crippen molar-refractivity contribution in [3.8, 4) is 0 Å². The third kappa shape index (κ3) is 5.63. The Kier molecular flexibility index (Phi) is 8.11. The van der Waals surface area contributed by atoms with Crippen molar-refractivity contribution in [1.29, 1.82) is 0 Å². The largest absolute Gasteiger partial charge is 0.481 e. The first kappa shape index (κ1) is 26.3. The number of pyridine rings is 1. The van der Waals surface area contributed by atoms with Crippen LogP contribution in [-0.2, 0) is 14.3 Å².